The van der Waals surface area contributed by atoms with Crippen molar-refractivity contribution in [1.82, 2.24) is 9.97 Å². The fraction of sp³-hybridized carbons (Fsp3) is 0.444. The van der Waals surface area contributed by atoms with Crippen LogP contribution in [0.15, 0.2) is 30.5 Å². The second-order valence-electron chi connectivity index (χ2n) is 6.19. The lowest BCUT2D eigenvalue weighted by Gasteiger charge is -2.27. The van der Waals surface area contributed by atoms with Gasteiger partial charge in [0.15, 0.2) is 11.6 Å². The molecule has 0 radical (unpaired) electrons. The van der Waals surface area contributed by atoms with Crippen molar-refractivity contribution in [3.63, 3.8) is 0 Å². The Bertz CT molecular complexity index is 673. The van der Waals surface area contributed by atoms with E-state index in [9.17, 15) is 5.11 Å². The molecule has 0 unspecified atom stereocenters. The third-order valence-corrected chi connectivity index (χ3v) is 4.37. The van der Waals surface area contributed by atoms with E-state index in [1.165, 1.54) is 5.56 Å². The minimum Gasteiger partial charge on any atom is -0.452 e. The van der Waals surface area contributed by atoms with E-state index in [0.29, 0.717) is 11.6 Å². The van der Waals surface area contributed by atoms with Crippen molar-refractivity contribution in [2.24, 2.45) is 0 Å². The van der Waals surface area contributed by atoms with E-state index >= 15 is 0 Å². The van der Waals surface area contributed by atoms with Crippen LogP contribution in [0.4, 0.5) is 11.8 Å². The lowest BCUT2D eigenvalue weighted by molar-refractivity contribution is 0.126. The highest BCUT2D eigenvalue weighted by atomic mass is 35.5. The third kappa shape index (κ3) is 5.21. The standard InChI is InChI=1S/C18H24N4O2.ClH/c1-2-12-3-9-15(10-4-12)24-16-11-20-18(19)22-17(16)21-13-5-7-14(23)8-6-13;/h3-4,9-11,13-14,23H,2,5-8H2,1H3,(H3,19,20,21,22);1H. The molecule has 1 fully saturated rings. The zero-order valence-electron chi connectivity index (χ0n) is 14.3. The average molecular weight is 365 g/mol. The van der Waals surface area contributed by atoms with Crippen LogP contribution in [0.25, 0.3) is 0 Å². The van der Waals surface area contributed by atoms with Crippen LogP contribution in [0.5, 0.6) is 11.5 Å². The second-order valence-corrected chi connectivity index (χ2v) is 6.19. The molecule has 136 valence electrons. The van der Waals surface area contributed by atoms with Crippen LogP contribution >= 0.6 is 12.4 Å². The van der Waals surface area contributed by atoms with Gasteiger partial charge in [-0.2, -0.15) is 4.98 Å². The van der Waals surface area contributed by atoms with E-state index < -0.39 is 0 Å². The Kier molecular flexibility index (Phi) is 6.84. The van der Waals surface area contributed by atoms with Gasteiger partial charge in [0.25, 0.3) is 0 Å². The van der Waals surface area contributed by atoms with Crippen LogP contribution in [0.2, 0.25) is 0 Å². The zero-order valence-corrected chi connectivity index (χ0v) is 15.1. The Morgan fingerprint density at radius 2 is 1.88 bits per heavy atom. The van der Waals surface area contributed by atoms with Gasteiger partial charge < -0.3 is 20.9 Å². The first-order valence-electron chi connectivity index (χ1n) is 8.48. The summed E-state index contributed by atoms with van der Waals surface area (Å²) < 4.78 is 5.93. The highest BCUT2D eigenvalue weighted by Crippen LogP contribution is 2.30. The van der Waals surface area contributed by atoms with Gasteiger partial charge in [-0.3, -0.25) is 0 Å². The number of benzene rings is 1. The Balaban J connectivity index is 0.00000225. The topological polar surface area (TPSA) is 93.3 Å². The smallest absolute Gasteiger partial charge is 0.222 e. The number of halogens is 1. The molecule has 7 heteroatoms. The van der Waals surface area contributed by atoms with Crippen molar-refractivity contribution >= 4 is 24.2 Å². The van der Waals surface area contributed by atoms with Crippen molar-refractivity contribution in [3.8, 4) is 11.5 Å². The lowest BCUT2D eigenvalue weighted by atomic mass is 9.93. The summed E-state index contributed by atoms with van der Waals surface area (Å²) in [6.45, 7) is 2.12. The fourth-order valence-electron chi connectivity index (χ4n) is 2.90. The number of aliphatic hydroxyl groups excluding tert-OH is 1. The van der Waals surface area contributed by atoms with Gasteiger partial charge in [-0.25, -0.2) is 4.98 Å². The SMILES string of the molecule is CCc1ccc(Oc2cnc(N)nc2NC2CCC(O)CC2)cc1.Cl. The van der Waals surface area contributed by atoms with Crippen LogP contribution in [0.1, 0.15) is 38.2 Å². The van der Waals surface area contributed by atoms with Gasteiger partial charge in [0, 0.05) is 6.04 Å². The van der Waals surface area contributed by atoms with E-state index in [1.54, 1.807) is 6.20 Å². The largest absolute Gasteiger partial charge is 0.452 e. The van der Waals surface area contributed by atoms with Crippen molar-refractivity contribution in [2.75, 3.05) is 11.1 Å². The van der Waals surface area contributed by atoms with Gasteiger partial charge in [-0.15, -0.1) is 12.4 Å². The number of rotatable bonds is 5. The fourth-order valence-corrected chi connectivity index (χ4v) is 2.90. The molecule has 6 nitrogen and oxygen atoms in total. The van der Waals surface area contributed by atoms with Crippen LogP contribution in [-0.2, 0) is 6.42 Å². The Hall–Kier alpha value is -2.05. The minimum absolute atomic E-state index is 0. The number of aliphatic hydroxyl groups is 1. The number of nitrogen functional groups attached to an aromatic ring is 1. The van der Waals surface area contributed by atoms with E-state index in [2.05, 4.69) is 22.2 Å². The number of aryl methyl sites for hydroxylation is 1. The van der Waals surface area contributed by atoms with Gasteiger partial charge in [0.2, 0.25) is 5.95 Å². The maximum absolute atomic E-state index is 9.63. The van der Waals surface area contributed by atoms with Crippen molar-refractivity contribution in [1.29, 1.82) is 0 Å². The maximum atomic E-state index is 9.63. The zero-order chi connectivity index (χ0) is 16.9. The quantitative estimate of drug-likeness (QED) is 0.751. The molecular weight excluding hydrogens is 340 g/mol. The number of hydrogen-bond donors (Lipinski definition) is 3. The Morgan fingerprint density at radius 1 is 1.20 bits per heavy atom. The van der Waals surface area contributed by atoms with Gasteiger partial charge in [-0.05, 0) is 49.8 Å². The number of nitrogens with two attached hydrogens (primary N) is 1. The van der Waals surface area contributed by atoms with E-state index in [0.717, 1.165) is 37.9 Å². The molecule has 4 N–H and O–H groups in total. The molecule has 0 amide bonds. The molecule has 25 heavy (non-hydrogen) atoms. The number of nitrogens with one attached hydrogen (secondary N) is 1. The molecule has 3 rings (SSSR count). The van der Waals surface area contributed by atoms with Crippen LogP contribution < -0.4 is 15.8 Å². The first-order valence-corrected chi connectivity index (χ1v) is 8.48. The molecule has 1 heterocycles. The van der Waals surface area contributed by atoms with Gasteiger partial charge in [0.05, 0.1) is 12.3 Å². The third-order valence-electron chi connectivity index (χ3n) is 4.37. The van der Waals surface area contributed by atoms with E-state index in [-0.39, 0.29) is 30.5 Å². The molecule has 1 aliphatic rings. The number of anilines is 2. The summed E-state index contributed by atoms with van der Waals surface area (Å²) in [5.41, 5.74) is 6.99. The normalized spacial score (nSPS) is 19.8. The molecular formula is C18H25ClN4O2. The van der Waals surface area contributed by atoms with Gasteiger partial charge >= 0.3 is 0 Å². The molecule has 0 saturated heterocycles. The molecule has 1 aromatic heterocycles. The van der Waals surface area contributed by atoms with Crippen molar-refractivity contribution in [3.05, 3.63) is 36.0 Å². The number of nitrogens with zero attached hydrogens (tertiary/aromatic N) is 2. The van der Waals surface area contributed by atoms with Crippen molar-refractivity contribution in [2.45, 2.75) is 51.2 Å². The number of aromatic nitrogens is 2. The summed E-state index contributed by atoms with van der Waals surface area (Å²) in [5, 5.41) is 13.0. The van der Waals surface area contributed by atoms with Gasteiger partial charge in [0.1, 0.15) is 5.75 Å². The Morgan fingerprint density at radius 3 is 2.52 bits per heavy atom. The van der Waals surface area contributed by atoms with Crippen LogP contribution in [-0.4, -0.2) is 27.2 Å². The molecule has 1 aliphatic carbocycles. The second kappa shape index (κ2) is 8.87. The number of ether oxygens (including phenoxy) is 1. The molecule has 0 atom stereocenters. The minimum atomic E-state index is -0.189. The Labute approximate surface area is 154 Å². The molecule has 2 aromatic rings. The summed E-state index contributed by atoms with van der Waals surface area (Å²) in [7, 11) is 0. The monoisotopic (exact) mass is 364 g/mol. The highest BCUT2D eigenvalue weighted by Gasteiger charge is 2.21. The summed E-state index contributed by atoms with van der Waals surface area (Å²) in [4.78, 5) is 8.32. The summed E-state index contributed by atoms with van der Waals surface area (Å²) in [5.74, 6) is 2.10. The summed E-state index contributed by atoms with van der Waals surface area (Å²) >= 11 is 0. The first kappa shape index (κ1) is 19.3. The van der Waals surface area contributed by atoms with Crippen LogP contribution in [0.3, 0.4) is 0 Å². The molecule has 0 spiro atoms. The summed E-state index contributed by atoms with van der Waals surface area (Å²) in [6.07, 6.45) is 5.79. The predicted octanol–water partition coefficient (Wildman–Crippen LogP) is 3.55. The molecule has 1 aromatic carbocycles. The number of hydrogen-bond acceptors (Lipinski definition) is 6. The van der Waals surface area contributed by atoms with Crippen LogP contribution in [0, 0.1) is 0 Å². The van der Waals surface area contributed by atoms with Crippen molar-refractivity contribution < 1.29 is 9.84 Å². The lowest BCUT2D eigenvalue weighted by Crippen LogP contribution is -2.28. The average Bonchev–Trinajstić information content (AvgIpc) is 2.60. The molecule has 0 bridgehead atoms. The van der Waals surface area contributed by atoms with Gasteiger partial charge in [-0.1, -0.05) is 19.1 Å². The first-order chi connectivity index (χ1) is 11.6. The predicted molar refractivity (Wildman–Crippen MR) is 101 cm³/mol. The molecule has 0 aliphatic heterocycles. The molecule has 1 saturated carbocycles. The van der Waals surface area contributed by atoms with E-state index in [1.807, 2.05) is 24.3 Å². The maximum Gasteiger partial charge on any atom is 0.222 e. The van der Waals surface area contributed by atoms with E-state index in [4.69, 9.17) is 10.5 Å². The summed E-state index contributed by atoms with van der Waals surface area (Å²) in [6, 6.07) is 8.23. The highest BCUT2D eigenvalue weighted by molar-refractivity contribution is 5.85.